The minimum atomic E-state index is -4.65. The minimum Gasteiger partial charge on any atom is -0.430 e. The summed E-state index contributed by atoms with van der Waals surface area (Å²) in [6, 6.07) is 4.23. The van der Waals surface area contributed by atoms with Crippen molar-refractivity contribution in [3.63, 3.8) is 0 Å². The highest BCUT2D eigenvalue weighted by molar-refractivity contribution is 5.81. The largest absolute Gasteiger partial charge is 0.509 e. The van der Waals surface area contributed by atoms with Gasteiger partial charge in [0.15, 0.2) is 0 Å². The van der Waals surface area contributed by atoms with E-state index < -0.39 is 35.7 Å². The highest BCUT2D eigenvalue weighted by Crippen LogP contribution is 2.36. The van der Waals surface area contributed by atoms with Gasteiger partial charge in [-0.25, -0.2) is 9.59 Å². The lowest BCUT2D eigenvalue weighted by atomic mass is 10.2. The first-order chi connectivity index (χ1) is 8.88. The van der Waals surface area contributed by atoms with E-state index in [2.05, 4.69) is 14.2 Å². The Morgan fingerprint density at radius 3 is 2.58 bits per heavy atom. The Morgan fingerprint density at radius 1 is 1.32 bits per heavy atom. The van der Waals surface area contributed by atoms with Gasteiger partial charge >= 0.3 is 18.3 Å². The first-order valence-electron chi connectivity index (χ1n) is 5.09. The van der Waals surface area contributed by atoms with Gasteiger partial charge in [-0.2, -0.15) is 13.2 Å². The van der Waals surface area contributed by atoms with Crippen molar-refractivity contribution in [1.82, 2.24) is 0 Å². The fourth-order valence-corrected chi connectivity index (χ4v) is 1.41. The molecule has 1 atom stereocenters. The number of para-hydroxylation sites is 1. The van der Waals surface area contributed by atoms with E-state index in [9.17, 15) is 22.8 Å². The molecule has 8 heteroatoms. The van der Waals surface area contributed by atoms with Crippen molar-refractivity contribution >= 4 is 12.1 Å². The Balaban J connectivity index is 2.15. The average Bonchev–Trinajstić information content (AvgIpc) is 2.75. The van der Waals surface area contributed by atoms with Gasteiger partial charge in [0.05, 0.1) is 5.56 Å². The van der Waals surface area contributed by atoms with E-state index in [0.29, 0.717) is 0 Å². The zero-order valence-corrected chi connectivity index (χ0v) is 9.27. The number of ether oxygens (including phenoxy) is 3. The predicted molar refractivity (Wildman–Crippen MR) is 53.3 cm³/mol. The number of hydrogen-bond acceptors (Lipinski definition) is 5. The van der Waals surface area contributed by atoms with E-state index in [0.717, 1.165) is 12.1 Å². The number of benzene rings is 1. The molecular formula is C11H7F3O5. The molecule has 0 spiro atoms. The molecule has 5 nitrogen and oxygen atoms in total. The Morgan fingerprint density at radius 2 is 2.00 bits per heavy atom. The zero-order valence-electron chi connectivity index (χ0n) is 9.27. The summed E-state index contributed by atoms with van der Waals surface area (Å²) in [4.78, 5) is 22.1. The van der Waals surface area contributed by atoms with E-state index in [1.165, 1.54) is 12.1 Å². The average molecular weight is 276 g/mol. The molecule has 0 bridgehead atoms. The van der Waals surface area contributed by atoms with Gasteiger partial charge in [0.2, 0.25) is 6.10 Å². The van der Waals surface area contributed by atoms with Crippen LogP contribution in [-0.4, -0.2) is 24.8 Å². The fourth-order valence-electron chi connectivity index (χ4n) is 1.41. The molecule has 102 valence electrons. The normalized spacial score (nSPS) is 18.7. The lowest BCUT2D eigenvalue weighted by Gasteiger charge is -2.13. The van der Waals surface area contributed by atoms with E-state index >= 15 is 0 Å². The van der Waals surface area contributed by atoms with Crippen LogP contribution < -0.4 is 4.74 Å². The summed E-state index contributed by atoms with van der Waals surface area (Å²) in [7, 11) is 0. The molecule has 0 N–H and O–H groups in total. The van der Waals surface area contributed by atoms with Gasteiger partial charge in [-0.3, -0.25) is 0 Å². The van der Waals surface area contributed by atoms with Crippen LogP contribution in [0.1, 0.15) is 5.56 Å². The number of halogens is 3. The van der Waals surface area contributed by atoms with Crippen molar-refractivity contribution in [3.8, 4) is 5.75 Å². The summed E-state index contributed by atoms with van der Waals surface area (Å²) in [5, 5.41) is 0. The Bertz CT molecular complexity index is 511. The molecule has 0 aliphatic carbocycles. The second-order valence-electron chi connectivity index (χ2n) is 3.58. The number of hydrogen-bond donors (Lipinski definition) is 0. The van der Waals surface area contributed by atoms with Crippen LogP contribution in [0.4, 0.5) is 18.0 Å². The van der Waals surface area contributed by atoms with Crippen LogP contribution in [0.2, 0.25) is 0 Å². The standard InChI is InChI=1S/C11H7F3O5/c12-11(13,14)6-3-1-2-4-7(6)18-9(15)8-5-17-10(16)19-8/h1-4,8H,5H2. The maximum Gasteiger partial charge on any atom is 0.509 e. The van der Waals surface area contributed by atoms with Crippen LogP contribution >= 0.6 is 0 Å². The van der Waals surface area contributed by atoms with Crippen LogP contribution in [0.5, 0.6) is 5.75 Å². The quantitative estimate of drug-likeness (QED) is 0.611. The molecule has 1 aliphatic heterocycles. The molecule has 1 heterocycles. The molecule has 1 fully saturated rings. The number of carbonyl (C=O) groups excluding carboxylic acids is 2. The first-order valence-corrected chi connectivity index (χ1v) is 5.09. The molecule has 1 saturated heterocycles. The minimum absolute atomic E-state index is 0.383. The molecule has 0 amide bonds. The second kappa shape index (κ2) is 4.79. The van der Waals surface area contributed by atoms with Gasteiger partial charge in [0, 0.05) is 0 Å². The van der Waals surface area contributed by atoms with Crippen molar-refractivity contribution in [2.24, 2.45) is 0 Å². The third-order valence-electron chi connectivity index (χ3n) is 2.26. The first kappa shape index (κ1) is 13.2. The van der Waals surface area contributed by atoms with Gasteiger partial charge in [-0.15, -0.1) is 0 Å². The van der Waals surface area contributed by atoms with Crippen molar-refractivity contribution in [2.75, 3.05) is 6.61 Å². The molecule has 19 heavy (non-hydrogen) atoms. The lowest BCUT2D eigenvalue weighted by molar-refractivity contribution is -0.146. The molecule has 1 aromatic carbocycles. The number of alkyl halides is 3. The zero-order chi connectivity index (χ0) is 14.0. The SMILES string of the molecule is O=C1OCC(C(=O)Oc2ccccc2C(F)(F)F)O1. The van der Waals surface area contributed by atoms with Crippen LogP contribution in [0.25, 0.3) is 0 Å². The van der Waals surface area contributed by atoms with Crippen molar-refractivity contribution in [2.45, 2.75) is 12.3 Å². The molecule has 1 unspecified atom stereocenters. The van der Waals surface area contributed by atoms with Gasteiger partial charge in [0.25, 0.3) is 0 Å². The third-order valence-corrected chi connectivity index (χ3v) is 2.26. The molecular weight excluding hydrogens is 269 g/mol. The number of rotatable bonds is 2. The predicted octanol–water partition coefficient (Wildman–Crippen LogP) is 2.15. The number of carbonyl (C=O) groups is 2. The maximum absolute atomic E-state index is 12.6. The lowest BCUT2D eigenvalue weighted by Crippen LogP contribution is -2.28. The summed E-state index contributed by atoms with van der Waals surface area (Å²) >= 11 is 0. The fraction of sp³-hybridized carbons (Fsp3) is 0.273. The van der Waals surface area contributed by atoms with Crippen LogP contribution in [0.3, 0.4) is 0 Å². The van der Waals surface area contributed by atoms with Gasteiger partial charge in [-0.05, 0) is 12.1 Å². The van der Waals surface area contributed by atoms with Gasteiger partial charge in [-0.1, -0.05) is 12.1 Å². The Hall–Kier alpha value is -2.25. The molecule has 1 aromatic rings. The summed E-state index contributed by atoms with van der Waals surface area (Å²) < 4.78 is 51.2. The van der Waals surface area contributed by atoms with Crippen molar-refractivity contribution < 1.29 is 37.0 Å². The molecule has 1 aliphatic rings. The van der Waals surface area contributed by atoms with Crippen molar-refractivity contribution in [1.29, 1.82) is 0 Å². The summed E-state index contributed by atoms with van der Waals surface area (Å²) in [5.74, 6) is -1.77. The van der Waals surface area contributed by atoms with Crippen LogP contribution in [0, 0.1) is 0 Å². The number of esters is 1. The highest BCUT2D eigenvalue weighted by atomic mass is 19.4. The Kier molecular flexibility index (Phi) is 3.32. The third kappa shape index (κ3) is 2.95. The molecule has 0 aromatic heterocycles. The van der Waals surface area contributed by atoms with Crippen molar-refractivity contribution in [3.05, 3.63) is 29.8 Å². The van der Waals surface area contributed by atoms with Gasteiger partial charge < -0.3 is 14.2 Å². The summed E-state index contributed by atoms with van der Waals surface area (Å²) in [6.45, 7) is -0.383. The topological polar surface area (TPSA) is 61.8 Å². The monoisotopic (exact) mass is 276 g/mol. The molecule has 0 saturated carbocycles. The van der Waals surface area contributed by atoms with E-state index in [1.807, 2.05) is 0 Å². The number of cyclic esters (lactones) is 2. The maximum atomic E-state index is 12.6. The van der Waals surface area contributed by atoms with Crippen LogP contribution in [0.15, 0.2) is 24.3 Å². The van der Waals surface area contributed by atoms with E-state index in [-0.39, 0.29) is 6.61 Å². The smallest absolute Gasteiger partial charge is 0.430 e. The van der Waals surface area contributed by atoms with Gasteiger partial charge in [0.1, 0.15) is 12.4 Å². The van der Waals surface area contributed by atoms with Crippen LogP contribution in [-0.2, 0) is 20.4 Å². The second-order valence-corrected chi connectivity index (χ2v) is 3.58. The highest BCUT2D eigenvalue weighted by Gasteiger charge is 2.37. The Labute approximate surface area is 104 Å². The molecule has 2 rings (SSSR count). The van der Waals surface area contributed by atoms with E-state index in [1.54, 1.807) is 0 Å². The molecule has 0 radical (unpaired) electrons. The summed E-state index contributed by atoms with van der Waals surface area (Å²) in [6.07, 6.45) is -7.07. The summed E-state index contributed by atoms with van der Waals surface area (Å²) in [5.41, 5.74) is -1.09. The van der Waals surface area contributed by atoms with E-state index in [4.69, 9.17) is 0 Å².